The van der Waals surface area contributed by atoms with Crippen LogP contribution in [0.2, 0.25) is 0 Å². The van der Waals surface area contributed by atoms with E-state index in [0.717, 1.165) is 10.6 Å². The zero-order valence-corrected chi connectivity index (χ0v) is 12.7. The summed E-state index contributed by atoms with van der Waals surface area (Å²) >= 11 is 4.26. The molecule has 0 heterocycles. The normalized spacial score (nSPS) is 9.35. The molecule has 0 aliphatic rings. The summed E-state index contributed by atoms with van der Waals surface area (Å²) in [6.45, 7) is 11.1. The summed E-state index contributed by atoms with van der Waals surface area (Å²) in [5, 5.41) is 3.91. The van der Waals surface area contributed by atoms with Crippen molar-refractivity contribution in [1.82, 2.24) is 5.43 Å². The third-order valence-corrected chi connectivity index (χ3v) is 2.31. The van der Waals surface area contributed by atoms with Crippen molar-refractivity contribution < 1.29 is 0 Å². The SMILES string of the molecule is C=C(N)C(=NNC=Nc1ccccc1S)C(=C)N.CC. The van der Waals surface area contributed by atoms with E-state index in [1.807, 2.05) is 38.1 Å². The van der Waals surface area contributed by atoms with Crippen molar-refractivity contribution in [2.24, 2.45) is 21.6 Å². The Hall–Kier alpha value is -2.21. The minimum atomic E-state index is 0.234. The lowest BCUT2D eigenvalue weighted by Gasteiger charge is -2.03. The van der Waals surface area contributed by atoms with Gasteiger partial charge in [0, 0.05) is 4.90 Å². The Morgan fingerprint density at radius 2 is 1.75 bits per heavy atom. The average molecular weight is 291 g/mol. The Morgan fingerprint density at radius 1 is 1.20 bits per heavy atom. The van der Waals surface area contributed by atoms with Gasteiger partial charge in [0.05, 0.1) is 17.1 Å². The number of thiol groups is 1. The number of hydrogen-bond donors (Lipinski definition) is 4. The molecular formula is C14H21N5S. The van der Waals surface area contributed by atoms with Gasteiger partial charge in [-0.05, 0) is 12.1 Å². The molecule has 0 fully saturated rings. The second kappa shape index (κ2) is 9.69. The molecule has 6 heteroatoms. The Bertz CT molecular complexity index is 504. The van der Waals surface area contributed by atoms with Crippen molar-refractivity contribution >= 4 is 30.4 Å². The molecule has 0 atom stereocenters. The molecule has 0 saturated heterocycles. The zero-order chi connectivity index (χ0) is 15.5. The fourth-order valence-corrected chi connectivity index (χ4v) is 1.33. The first kappa shape index (κ1) is 17.8. The Labute approximate surface area is 125 Å². The summed E-state index contributed by atoms with van der Waals surface area (Å²) < 4.78 is 0. The van der Waals surface area contributed by atoms with Crippen LogP contribution < -0.4 is 16.9 Å². The monoisotopic (exact) mass is 291 g/mol. The van der Waals surface area contributed by atoms with E-state index in [4.69, 9.17) is 11.5 Å². The highest BCUT2D eigenvalue weighted by Crippen LogP contribution is 2.20. The molecule has 0 bridgehead atoms. The zero-order valence-electron chi connectivity index (χ0n) is 11.8. The van der Waals surface area contributed by atoms with E-state index in [9.17, 15) is 0 Å². The highest BCUT2D eigenvalue weighted by molar-refractivity contribution is 7.80. The van der Waals surface area contributed by atoms with Gasteiger partial charge in [0.1, 0.15) is 12.1 Å². The number of nitrogens with one attached hydrogen (secondary N) is 1. The number of aliphatic imine (C=N–C) groups is 1. The fraction of sp³-hybridized carbons (Fsp3) is 0.143. The van der Waals surface area contributed by atoms with Gasteiger partial charge in [-0.15, -0.1) is 12.6 Å². The maximum Gasteiger partial charge on any atom is 0.128 e. The molecule has 0 saturated carbocycles. The van der Waals surface area contributed by atoms with E-state index >= 15 is 0 Å². The van der Waals surface area contributed by atoms with Crippen molar-refractivity contribution in [2.75, 3.05) is 0 Å². The highest BCUT2D eigenvalue weighted by atomic mass is 32.1. The predicted octanol–water partition coefficient (Wildman–Crippen LogP) is 2.55. The van der Waals surface area contributed by atoms with Gasteiger partial charge >= 0.3 is 0 Å². The molecule has 108 valence electrons. The molecule has 1 aromatic rings. The number of benzene rings is 1. The molecule has 0 radical (unpaired) electrons. The number of hydrazone groups is 1. The van der Waals surface area contributed by atoms with E-state index in [0.29, 0.717) is 5.71 Å². The largest absolute Gasteiger partial charge is 0.397 e. The summed E-state index contributed by atoms with van der Waals surface area (Å²) in [4.78, 5) is 4.91. The van der Waals surface area contributed by atoms with Crippen LogP contribution in [-0.4, -0.2) is 12.1 Å². The van der Waals surface area contributed by atoms with E-state index in [1.54, 1.807) is 0 Å². The van der Waals surface area contributed by atoms with Crippen molar-refractivity contribution in [3.63, 3.8) is 0 Å². The molecule has 0 unspecified atom stereocenters. The molecule has 0 aliphatic carbocycles. The van der Waals surface area contributed by atoms with Crippen LogP contribution in [0.4, 0.5) is 5.69 Å². The topological polar surface area (TPSA) is 88.8 Å². The molecule has 1 aromatic carbocycles. The van der Waals surface area contributed by atoms with Crippen LogP contribution in [0.3, 0.4) is 0 Å². The van der Waals surface area contributed by atoms with E-state index in [2.05, 4.69) is 41.3 Å². The molecule has 1 rings (SSSR count). The Kier molecular flexibility index (Phi) is 8.61. The molecule has 5 N–H and O–H groups in total. The second-order valence-electron chi connectivity index (χ2n) is 3.39. The molecule has 0 spiro atoms. The third-order valence-electron chi connectivity index (χ3n) is 1.93. The molecule has 0 aromatic heterocycles. The van der Waals surface area contributed by atoms with Gasteiger partial charge in [-0.25, -0.2) is 4.99 Å². The lowest BCUT2D eigenvalue weighted by atomic mass is 10.2. The standard InChI is InChI=1S/C12H15N5S.C2H6/c1-8(13)12(9(2)14)17-16-7-15-10-5-3-4-6-11(10)18;1-2/h3-7,18H,1-2,13-14H2,(H,15,16);1-2H3. The van der Waals surface area contributed by atoms with Gasteiger partial charge < -0.3 is 11.5 Å². The van der Waals surface area contributed by atoms with E-state index < -0.39 is 0 Å². The van der Waals surface area contributed by atoms with Gasteiger partial charge in [-0.2, -0.15) is 5.10 Å². The van der Waals surface area contributed by atoms with Crippen molar-refractivity contribution in [1.29, 1.82) is 0 Å². The lowest BCUT2D eigenvalue weighted by molar-refractivity contribution is 1.04. The number of para-hydroxylation sites is 1. The molecule has 5 nitrogen and oxygen atoms in total. The minimum absolute atomic E-state index is 0.234. The summed E-state index contributed by atoms with van der Waals surface area (Å²) in [6.07, 6.45) is 1.40. The summed E-state index contributed by atoms with van der Waals surface area (Å²) in [5.74, 6) is 0. The maximum atomic E-state index is 5.49. The van der Waals surface area contributed by atoms with Crippen molar-refractivity contribution in [2.45, 2.75) is 18.7 Å². The second-order valence-corrected chi connectivity index (χ2v) is 3.87. The van der Waals surface area contributed by atoms with E-state index in [1.165, 1.54) is 6.34 Å². The third kappa shape index (κ3) is 6.10. The quantitative estimate of drug-likeness (QED) is 0.291. The van der Waals surface area contributed by atoms with Gasteiger partial charge in [0.25, 0.3) is 0 Å². The Morgan fingerprint density at radius 3 is 2.25 bits per heavy atom. The number of hydrogen-bond acceptors (Lipinski definition) is 5. The lowest BCUT2D eigenvalue weighted by Crippen LogP contribution is -2.20. The molecular weight excluding hydrogens is 270 g/mol. The van der Waals surface area contributed by atoms with Crippen LogP contribution in [0.25, 0.3) is 0 Å². The summed E-state index contributed by atoms with van der Waals surface area (Å²) in [6, 6.07) is 7.41. The van der Waals surface area contributed by atoms with Crippen LogP contribution in [0.15, 0.2) is 63.8 Å². The van der Waals surface area contributed by atoms with Gasteiger partial charge in [0.2, 0.25) is 0 Å². The van der Waals surface area contributed by atoms with Gasteiger partial charge in [-0.1, -0.05) is 39.1 Å². The first-order valence-corrected chi connectivity index (χ1v) is 6.50. The summed E-state index contributed by atoms with van der Waals surface area (Å²) in [5.41, 5.74) is 15.1. The van der Waals surface area contributed by atoms with Crippen LogP contribution in [0.1, 0.15) is 13.8 Å². The summed E-state index contributed by atoms with van der Waals surface area (Å²) in [7, 11) is 0. The fourth-order valence-electron chi connectivity index (χ4n) is 1.11. The smallest absolute Gasteiger partial charge is 0.128 e. The van der Waals surface area contributed by atoms with E-state index in [-0.39, 0.29) is 11.4 Å². The maximum absolute atomic E-state index is 5.49. The number of rotatable bonds is 5. The highest BCUT2D eigenvalue weighted by Gasteiger charge is 2.01. The predicted molar refractivity (Wildman–Crippen MR) is 90.4 cm³/mol. The van der Waals surface area contributed by atoms with Gasteiger partial charge in [-0.3, -0.25) is 5.43 Å². The Balaban J connectivity index is 0.00000172. The average Bonchev–Trinajstić information content (AvgIpc) is 2.42. The van der Waals surface area contributed by atoms with Crippen LogP contribution in [-0.2, 0) is 0 Å². The van der Waals surface area contributed by atoms with Crippen LogP contribution in [0.5, 0.6) is 0 Å². The number of nitrogens with two attached hydrogens (primary N) is 2. The molecule has 0 aliphatic heterocycles. The van der Waals surface area contributed by atoms with Crippen LogP contribution in [0, 0.1) is 0 Å². The van der Waals surface area contributed by atoms with Gasteiger partial charge in [0.15, 0.2) is 0 Å². The molecule has 0 amide bonds. The first-order valence-electron chi connectivity index (χ1n) is 6.05. The van der Waals surface area contributed by atoms with Crippen molar-refractivity contribution in [3.05, 3.63) is 48.8 Å². The number of nitrogens with zero attached hydrogens (tertiary/aromatic N) is 2. The molecule has 20 heavy (non-hydrogen) atoms. The van der Waals surface area contributed by atoms with Crippen LogP contribution >= 0.6 is 12.6 Å². The van der Waals surface area contributed by atoms with Crippen molar-refractivity contribution in [3.8, 4) is 0 Å². The minimum Gasteiger partial charge on any atom is -0.397 e. The first-order chi connectivity index (χ1) is 9.52.